The van der Waals surface area contributed by atoms with Gasteiger partial charge in [0.05, 0.1) is 27.9 Å². The summed E-state index contributed by atoms with van der Waals surface area (Å²) in [7, 11) is 0. The zero-order valence-corrected chi connectivity index (χ0v) is 23.1. The number of rotatable bonds is 7. The maximum atomic E-state index is 13.9. The fraction of sp³-hybridized carbons (Fsp3) is 0. The van der Waals surface area contributed by atoms with Gasteiger partial charge in [-0.25, -0.2) is 19.3 Å². The molecule has 0 atom stereocenters. The normalized spacial score (nSPS) is 10.4. The Morgan fingerprint density at radius 3 is 1.85 bits per heavy atom. The Morgan fingerprint density at radius 2 is 1.25 bits per heavy atom. The summed E-state index contributed by atoms with van der Waals surface area (Å²) in [5.74, 6) is -5.99. The fourth-order valence-electron chi connectivity index (χ4n) is 3.79. The summed E-state index contributed by atoms with van der Waals surface area (Å²) in [5.41, 5.74) is -1.43. The van der Waals surface area contributed by atoms with Crippen LogP contribution in [-0.2, 0) is 0 Å². The van der Waals surface area contributed by atoms with Crippen molar-refractivity contribution in [3.63, 3.8) is 0 Å². The number of aromatic carboxylic acids is 2. The van der Waals surface area contributed by atoms with Gasteiger partial charge in [0.2, 0.25) is 0 Å². The Labute approximate surface area is 245 Å². The van der Waals surface area contributed by atoms with E-state index in [0.29, 0.717) is 8.47 Å². The molecule has 0 unspecified atom stereocenters. The number of halogens is 2. The van der Waals surface area contributed by atoms with Crippen LogP contribution in [0.25, 0.3) is 0 Å². The van der Waals surface area contributed by atoms with Crippen LogP contribution >= 0.6 is 34.2 Å². The van der Waals surface area contributed by atoms with E-state index < -0.39 is 29.7 Å². The molecule has 200 valence electrons. The summed E-state index contributed by atoms with van der Waals surface area (Å²) < 4.78 is 6.19. The van der Waals surface area contributed by atoms with Crippen molar-refractivity contribution < 1.29 is 38.9 Å². The molecule has 4 aromatic carbocycles. The number of anilines is 1. The standard InChI is InChI=1S/C29H17ClINO8/c30-17-12-13-24(40-29(39)22-11-4-3-10-21(22)28(37)38)23(15-17)32(25(33)16-6-5-7-18(31)14-16)26(34)19-8-1-2-9-20(19)27(35)36/h1-15H,(H,35,36)(H,37,38). The molecule has 2 N–H and O–H groups in total. The van der Waals surface area contributed by atoms with Crippen LogP contribution in [0.2, 0.25) is 5.02 Å². The lowest BCUT2D eigenvalue weighted by molar-refractivity contribution is 0.0667. The van der Waals surface area contributed by atoms with E-state index in [-0.39, 0.29) is 44.3 Å². The molecule has 0 fully saturated rings. The minimum absolute atomic E-state index is 0.0699. The number of hydrogen-bond donors (Lipinski definition) is 2. The zero-order valence-electron chi connectivity index (χ0n) is 20.2. The maximum Gasteiger partial charge on any atom is 0.344 e. The van der Waals surface area contributed by atoms with E-state index in [0.717, 1.165) is 0 Å². The Kier molecular flexibility index (Phi) is 8.61. The predicted molar refractivity (Wildman–Crippen MR) is 154 cm³/mol. The summed E-state index contributed by atoms with van der Waals surface area (Å²) in [6.45, 7) is 0. The molecule has 0 aliphatic carbocycles. The molecule has 4 rings (SSSR count). The lowest BCUT2D eigenvalue weighted by Crippen LogP contribution is -2.38. The van der Waals surface area contributed by atoms with Crippen molar-refractivity contribution in [2.24, 2.45) is 0 Å². The summed E-state index contributed by atoms with van der Waals surface area (Å²) in [6.07, 6.45) is 0. The van der Waals surface area contributed by atoms with E-state index in [2.05, 4.69) is 0 Å². The Morgan fingerprint density at radius 1 is 0.675 bits per heavy atom. The molecular weight excluding hydrogens is 653 g/mol. The monoisotopic (exact) mass is 669 g/mol. The average molecular weight is 670 g/mol. The molecule has 0 spiro atoms. The fourth-order valence-corrected chi connectivity index (χ4v) is 4.50. The lowest BCUT2D eigenvalue weighted by atomic mass is 10.0. The van der Waals surface area contributed by atoms with Crippen molar-refractivity contribution in [2.75, 3.05) is 4.90 Å². The third-order valence-corrected chi connectivity index (χ3v) is 6.51. The number of amides is 2. The van der Waals surface area contributed by atoms with Crippen LogP contribution in [0.15, 0.2) is 91.0 Å². The highest BCUT2D eigenvalue weighted by Crippen LogP contribution is 2.35. The van der Waals surface area contributed by atoms with Gasteiger partial charge in [0.15, 0.2) is 5.75 Å². The van der Waals surface area contributed by atoms with Gasteiger partial charge in [0.25, 0.3) is 11.8 Å². The number of ether oxygens (including phenoxy) is 1. The average Bonchev–Trinajstić information content (AvgIpc) is 2.94. The van der Waals surface area contributed by atoms with E-state index in [1.807, 2.05) is 22.6 Å². The third kappa shape index (κ3) is 6.03. The van der Waals surface area contributed by atoms with Crippen molar-refractivity contribution in [3.8, 4) is 5.75 Å². The molecule has 0 aromatic heterocycles. The SMILES string of the molecule is O=C(O)c1ccccc1C(=O)Oc1ccc(Cl)cc1N(C(=O)c1cccc(I)c1)C(=O)c1ccccc1C(=O)O. The van der Waals surface area contributed by atoms with Crippen LogP contribution in [-0.4, -0.2) is 39.9 Å². The Hall–Kier alpha value is -4.55. The van der Waals surface area contributed by atoms with Gasteiger partial charge in [0, 0.05) is 14.2 Å². The molecule has 2 amide bonds. The maximum absolute atomic E-state index is 13.9. The number of carbonyl (C=O) groups is 5. The quantitative estimate of drug-likeness (QED) is 0.105. The predicted octanol–water partition coefficient (Wildman–Crippen LogP) is 6.05. The number of esters is 1. The highest BCUT2D eigenvalue weighted by Gasteiger charge is 2.32. The Balaban J connectivity index is 1.89. The van der Waals surface area contributed by atoms with E-state index in [1.165, 1.54) is 78.9 Å². The van der Waals surface area contributed by atoms with Crippen LogP contribution in [0.5, 0.6) is 5.75 Å². The van der Waals surface area contributed by atoms with Gasteiger partial charge in [-0.1, -0.05) is 41.9 Å². The van der Waals surface area contributed by atoms with Gasteiger partial charge >= 0.3 is 17.9 Å². The topological polar surface area (TPSA) is 138 Å². The second-order valence-electron chi connectivity index (χ2n) is 8.16. The number of hydrogen-bond acceptors (Lipinski definition) is 6. The molecular formula is C29H17ClINO8. The number of benzene rings is 4. The molecule has 0 aliphatic rings. The van der Waals surface area contributed by atoms with Crippen LogP contribution in [0, 0.1) is 3.57 Å². The molecule has 40 heavy (non-hydrogen) atoms. The van der Waals surface area contributed by atoms with E-state index in [1.54, 1.807) is 12.1 Å². The van der Waals surface area contributed by atoms with Crippen molar-refractivity contribution in [1.82, 2.24) is 0 Å². The number of carbonyl (C=O) groups excluding carboxylic acids is 3. The molecule has 0 heterocycles. The van der Waals surface area contributed by atoms with Crippen molar-refractivity contribution >= 4 is 69.6 Å². The van der Waals surface area contributed by atoms with E-state index in [9.17, 15) is 34.2 Å². The molecule has 4 aromatic rings. The number of carboxylic acids is 2. The second kappa shape index (κ2) is 12.1. The molecule has 0 aliphatic heterocycles. The molecule has 0 saturated carbocycles. The van der Waals surface area contributed by atoms with E-state index in [4.69, 9.17) is 16.3 Å². The first-order chi connectivity index (χ1) is 19.1. The smallest absolute Gasteiger partial charge is 0.344 e. The lowest BCUT2D eigenvalue weighted by Gasteiger charge is -2.24. The summed E-state index contributed by atoms with van der Waals surface area (Å²) in [6, 6.07) is 20.8. The molecule has 0 radical (unpaired) electrons. The van der Waals surface area contributed by atoms with Gasteiger partial charge in [0.1, 0.15) is 0 Å². The molecule has 0 bridgehead atoms. The molecule has 11 heteroatoms. The summed E-state index contributed by atoms with van der Waals surface area (Å²) in [5, 5.41) is 19.2. The van der Waals surface area contributed by atoms with Crippen LogP contribution < -0.4 is 9.64 Å². The van der Waals surface area contributed by atoms with Gasteiger partial charge in [-0.2, -0.15) is 0 Å². The minimum atomic E-state index is -1.39. The minimum Gasteiger partial charge on any atom is -0.478 e. The van der Waals surface area contributed by atoms with Crippen LogP contribution in [0.1, 0.15) is 51.8 Å². The van der Waals surface area contributed by atoms with Crippen molar-refractivity contribution in [1.29, 1.82) is 0 Å². The summed E-state index contributed by atoms with van der Waals surface area (Å²) in [4.78, 5) is 65.0. The largest absolute Gasteiger partial charge is 0.478 e. The first-order valence-electron chi connectivity index (χ1n) is 11.4. The zero-order chi connectivity index (χ0) is 29.0. The van der Waals surface area contributed by atoms with E-state index >= 15 is 0 Å². The van der Waals surface area contributed by atoms with Crippen LogP contribution in [0.4, 0.5) is 5.69 Å². The first-order valence-corrected chi connectivity index (χ1v) is 12.8. The van der Waals surface area contributed by atoms with Gasteiger partial charge in [-0.3, -0.25) is 9.59 Å². The van der Waals surface area contributed by atoms with Gasteiger partial charge in [-0.05, 0) is 83.3 Å². The van der Waals surface area contributed by atoms with Crippen LogP contribution in [0.3, 0.4) is 0 Å². The number of imide groups is 1. The summed E-state index contributed by atoms with van der Waals surface area (Å²) >= 11 is 8.22. The highest BCUT2D eigenvalue weighted by molar-refractivity contribution is 14.1. The Bertz CT molecular complexity index is 1690. The first kappa shape index (κ1) is 28.5. The van der Waals surface area contributed by atoms with Gasteiger partial charge in [-0.15, -0.1) is 0 Å². The second-order valence-corrected chi connectivity index (χ2v) is 9.84. The molecule has 0 saturated heterocycles. The van der Waals surface area contributed by atoms with Crippen molar-refractivity contribution in [3.05, 3.63) is 127 Å². The molecule has 9 nitrogen and oxygen atoms in total. The third-order valence-electron chi connectivity index (χ3n) is 5.61. The number of carboxylic acid groups (broad SMARTS) is 2. The highest BCUT2D eigenvalue weighted by atomic mass is 127. The van der Waals surface area contributed by atoms with Crippen molar-refractivity contribution in [2.45, 2.75) is 0 Å². The van der Waals surface area contributed by atoms with Gasteiger partial charge < -0.3 is 14.9 Å². The number of nitrogens with zero attached hydrogens (tertiary/aromatic N) is 1.